The first-order valence-electron chi connectivity index (χ1n) is 11.7. The summed E-state index contributed by atoms with van der Waals surface area (Å²) in [4.78, 5) is 17.1. The number of hydrogen-bond donors (Lipinski definition) is 0. The zero-order valence-electron chi connectivity index (χ0n) is 20.1. The number of hydrogen-bond acceptors (Lipinski definition) is 4. The molecule has 5 nitrogen and oxygen atoms in total. The molecule has 8 heteroatoms. The third kappa shape index (κ3) is 6.34. The Bertz CT molecular complexity index is 1200. The van der Waals surface area contributed by atoms with Gasteiger partial charge in [-0.1, -0.05) is 54.7 Å². The van der Waals surface area contributed by atoms with Gasteiger partial charge in [0.1, 0.15) is 18.1 Å². The molecular weight excluding hydrogens is 507 g/mol. The minimum absolute atomic E-state index is 0.106. The first-order valence-corrected chi connectivity index (χ1v) is 12.8. The maximum Gasteiger partial charge on any atom is 0.289 e. The molecule has 1 aliphatic rings. The monoisotopic (exact) mass is 534 g/mol. The number of piperazine rings is 1. The van der Waals surface area contributed by atoms with Crippen molar-refractivity contribution in [2.45, 2.75) is 39.8 Å². The predicted molar refractivity (Wildman–Crippen MR) is 141 cm³/mol. The molecule has 2 heterocycles. The lowest BCUT2D eigenvalue weighted by molar-refractivity contribution is 0.0594. The van der Waals surface area contributed by atoms with Crippen LogP contribution in [0.15, 0.2) is 46.9 Å². The van der Waals surface area contributed by atoms with Crippen molar-refractivity contribution in [3.8, 4) is 5.75 Å². The third-order valence-electron chi connectivity index (χ3n) is 6.22. The fourth-order valence-electron chi connectivity index (χ4n) is 4.12. The zero-order valence-corrected chi connectivity index (χ0v) is 22.4. The van der Waals surface area contributed by atoms with Crippen LogP contribution in [0.3, 0.4) is 0 Å². The molecule has 0 aliphatic carbocycles. The van der Waals surface area contributed by atoms with Gasteiger partial charge in [0.15, 0.2) is 5.76 Å². The molecule has 1 aromatic heterocycles. The highest BCUT2D eigenvalue weighted by Crippen LogP contribution is 2.32. The highest BCUT2D eigenvalue weighted by Gasteiger charge is 2.25. The van der Waals surface area contributed by atoms with E-state index in [1.54, 1.807) is 18.2 Å². The van der Waals surface area contributed by atoms with Crippen LogP contribution in [0, 0.1) is 6.92 Å². The van der Waals surface area contributed by atoms with Crippen LogP contribution < -0.4 is 4.74 Å². The number of carbonyl (C=O) groups excluding carboxylic acids is 1. The van der Waals surface area contributed by atoms with Gasteiger partial charge in [0, 0.05) is 47.8 Å². The Morgan fingerprint density at radius 1 is 1.00 bits per heavy atom. The second-order valence-corrected chi connectivity index (χ2v) is 10.4. The minimum Gasteiger partial charge on any atom is -0.485 e. The lowest BCUT2D eigenvalue weighted by atomic mass is 10.0. The smallest absolute Gasteiger partial charge is 0.289 e. The maximum absolute atomic E-state index is 13.0. The van der Waals surface area contributed by atoms with Crippen LogP contribution in [0.25, 0.3) is 0 Å². The Kier molecular flexibility index (Phi) is 8.33. The van der Waals surface area contributed by atoms with Crippen molar-refractivity contribution in [3.63, 3.8) is 0 Å². The van der Waals surface area contributed by atoms with Gasteiger partial charge in [-0.2, -0.15) is 0 Å². The molecule has 1 aliphatic heterocycles. The number of furan rings is 1. The number of amides is 1. The van der Waals surface area contributed by atoms with Crippen molar-refractivity contribution in [3.05, 3.63) is 85.7 Å². The average Bonchev–Trinajstić information content (AvgIpc) is 3.30. The zero-order chi connectivity index (χ0) is 25.1. The SMILES string of the molecule is Cc1cc(OCc2ccc(C(=O)N3CCN(Cc4ccc(Cl)cc4Cl)CC3)o2)c(C(C)C)cc1Cl. The Balaban J connectivity index is 1.32. The summed E-state index contributed by atoms with van der Waals surface area (Å²) >= 11 is 18.6. The van der Waals surface area contributed by atoms with Crippen LogP contribution in [0.1, 0.15) is 52.8 Å². The van der Waals surface area contributed by atoms with Crippen molar-refractivity contribution < 1.29 is 13.9 Å². The van der Waals surface area contributed by atoms with E-state index in [2.05, 4.69) is 18.7 Å². The molecular formula is C27H29Cl3N2O3. The Hall–Kier alpha value is -2.18. The molecule has 2 aromatic carbocycles. The number of benzene rings is 2. The summed E-state index contributed by atoms with van der Waals surface area (Å²) < 4.78 is 11.9. The lowest BCUT2D eigenvalue weighted by Gasteiger charge is -2.34. The quantitative estimate of drug-likeness (QED) is 0.321. The van der Waals surface area contributed by atoms with Crippen LogP contribution >= 0.6 is 34.8 Å². The van der Waals surface area contributed by atoms with Crippen molar-refractivity contribution in [2.75, 3.05) is 26.2 Å². The first kappa shape index (κ1) is 25.9. The van der Waals surface area contributed by atoms with Crippen LogP contribution in [-0.2, 0) is 13.2 Å². The topological polar surface area (TPSA) is 45.9 Å². The van der Waals surface area contributed by atoms with E-state index < -0.39 is 0 Å². The standard InChI is InChI=1S/C27H29Cl3N2O3/c1-17(2)22-14-23(29)18(3)12-26(22)34-16-21-6-7-25(35-21)27(33)32-10-8-31(9-11-32)15-19-4-5-20(28)13-24(19)30/h4-7,12-14,17H,8-11,15-16H2,1-3H3. The number of ether oxygens (including phenoxy) is 1. The predicted octanol–water partition coefficient (Wildman–Crippen LogP) is 7.21. The fraction of sp³-hybridized carbons (Fsp3) is 0.370. The number of aryl methyl sites for hydroxylation is 1. The van der Waals surface area contributed by atoms with E-state index in [0.29, 0.717) is 34.7 Å². The minimum atomic E-state index is -0.106. The number of halogens is 3. The number of nitrogens with zero attached hydrogens (tertiary/aromatic N) is 2. The van der Waals surface area contributed by atoms with Gasteiger partial charge < -0.3 is 14.1 Å². The van der Waals surface area contributed by atoms with Crippen LogP contribution in [0.2, 0.25) is 15.1 Å². The summed E-state index contributed by atoms with van der Waals surface area (Å²) in [6, 6.07) is 13.0. The molecule has 0 atom stereocenters. The van der Waals surface area contributed by atoms with Gasteiger partial charge in [0.05, 0.1) is 0 Å². The Morgan fingerprint density at radius 2 is 1.74 bits per heavy atom. The van der Waals surface area contributed by atoms with Gasteiger partial charge in [-0.05, 0) is 65.9 Å². The highest BCUT2D eigenvalue weighted by molar-refractivity contribution is 6.35. The molecule has 0 bridgehead atoms. The van der Waals surface area contributed by atoms with E-state index in [1.165, 1.54) is 0 Å². The van der Waals surface area contributed by atoms with Gasteiger partial charge in [-0.25, -0.2) is 0 Å². The molecule has 1 amide bonds. The second kappa shape index (κ2) is 11.3. The van der Waals surface area contributed by atoms with E-state index in [9.17, 15) is 4.79 Å². The van der Waals surface area contributed by atoms with Crippen LogP contribution in [0.4, 0.5) is 0 Å². The summed E-state index contributed by atoms with van der Waals surface area (Å²) in [7, 11) is 0. The van der Waals surface area contributed by atoms with Gasteiger partial charge in [0.2, 0.25) is 0 Å². The molecule has 35 heavy (non-hydrogen) atoms. The summed E-state index contributed by atoms with van der Waals surface area (Å²) in [6.07, 6.45) is 0. The summed E-state index contributed by atoms with van der Waals surface area (Å²) in [5, 5.41) is 2.01. The van der Waals surface area contributed by atoms with E-state index in [4.69, 9.17) is 44.0 Å². The molecule has 3 aromatic rings. The summed E-state index contributed by atoms with van der Waals surface area (Å²) in [6.45, 7) is 9.88. The molecule has 1 fully saturated rings. The summed E-state index contributed by atoms with van der Waals surface area (Å²) in [5.41, 5.74) is 3.03. The van der Waals surface area contributed by atoms with E-state index >= 15 is 0 Å². The average molecular weight is 536 g/mol. The molecule has 1 saturated heterocycles. The van der Waals surface area contributed by atoms with Crippen LogP contribution in [-0.4, -0.2) is 41.9 Å². The lowest BCUT2D eigenvalue weighted by Crippen LogP contribution is -2.48. The molecule has 0 unspecified atom stereocenters. The van der Waals surface area contributed by atoms with Crippen LogP contribution in [0.5, 0.6) is 5.75 Å². The molecule has 0 radical (unpaired) electrons. The van der Waals surface area contributed by atoms with Crippen molar-refractivity contribution >= 4 is 40.7 Å². The highest BCUT2D eigenvalue weighted by atomic mass is 35.5. The van der Waals surface area contributed by atoms with Gasteiger partial charge >= 0.3 is 0 Å². The normalized spacial score (nSPS) is 14.5. The number of rotatable bonds is 7. The molecule has 0 N–H and O–H groups in total. The summed E-state index contributed by atoms with van der Waals surface area (Å²) in [5.74, 6) is 1.88. The van der Waals surface area contributed by atoms with Gasteiger partial charge in [-0.3, -0.25) is 9.69 Å². The molecule has 0 spiro atoms. The largest absolute Gasteiger partial charge is 0.485 e. The first-order chi connectivity index (χ1) is 16.7. The van der Waals surface area contributed by atoms with Gasteiger partial charge in [-0.15, -0.1) is 0 Å². The van der Waals surface area contributed by atoms with Gasteiger partial charge in [0.25, 0.3) is 5.91 Å². The van der Waals surface area contributed by atoms with E-state index in [-0.39, 0.29) is 18.4 Å². The maximum atomic E-state index is 13.0. The third-order valence-corrected chi connectivity index (χ3v) is 7.22. The fourth-order valence-corrected chi connectivity index (χ4v) is 4.76. The van der Waals surface area contributed by atoms with Crippen molar-refractivity contribution in [1.82, 2.24) is 9.80 Å². The van der Waals surface area contributed by atoms with E-state index in [0.717, 1.165) is 47.1 Å². The molecule has 186 valence electrons. The number of carbonyl (C=O) groups is 1. The molecule has 0 saturated carbocycles. The van der Waals surface area contributed by atoms with Crippen molar-refractivity contribution in [2.24, 2.45) is 0 Å². The van der Waals surface area contributed by atoms with E-state index in [1.807, 2.05) is 36.1 Å². The second-order valence-electron chi connectivity index (χ2n) is 9.15. The Labute approximate surface area is 221 Å². The molecule has 4 rings (SSSR count). The Morgan fingerprint density at radius 3 is 2.43 bits per heavy atom. The van der Waals surface area contributed by atoms with Crippen molar-refractivity contribution in [1.29, 1.82) is 0 Å².